The molecule has 0 aromatic heterocycles. The molecule has 0 radical (unpaired) electrons. The van der Waals surface area contributed by atoms with Gasteiger partial charge in [-0.05, 0) is 31.8 Å². The fourth-order valence-electron chi connectivity index (χ4n) is 2.35. The Morgan fingerprint density at radius 3 is 2.37 bits per heavy atom. The van der Waals surface area contributed by atoms with Crippen LogP contribution in [0.1, 0.15) is 20.3 Å². The van der Waals surface area contributed by atoms with E-state index in [1.807, 2.05) is 0 Å². The SMILES string of the molecule is CC1(C)O[C@H]([C@@H](O)[C@H](O)C2SCCCS2)[C@@H](CO)O1. The van der Waals surface area contributed by atoms with E-state index in [0.717, 1.165) is 17.9 Å². The Kier molecular flexibility index (Phi) is 5.44. The van der Waals surface area contributed by atoms with Crippen LogP contribution in [0.25, 0.3) is 0 Å². The molecule has 0 spiro atoms. The van der Waals surface area contributed by atoms with Crippen molar-refractivity contribution >= 4 is 23.5 Å². The number of hydrogen-bond donors (Lipinski definition) is 3. The molecule has 2 fully saturated rings. The van der Waals surface area contributed by atoms with E-state index in [4.69, 9.17) is 9.47 Å². The van der Waals surface area contributed by atoms with Gasteiger partial charge < -0.3 is 24.8 Å². The number of thioether (sulfide) groups is 2. The summed E-state index contributed by atoms with van der Waals surface area (Å²) in [4.78, 5) is 0. The van der Waals surface area contributed by atoms with E-state index >= 15 is 0 Å². The van der Waals surface area contributed by atoms with E-state index in [1.54, 1.807) is 37.4 Å². The van der Waals surface area contributed by atoms with E-state index in [0.29, 0.717) is 0 Å². The quantitative estimate of drug-likeness (QED) is 0.694. The Balaban J connectivity index is 1.99. The Bertz CT molecular complexity index is 296. The van der Waals surface area contributed by atoms with Gasteiger partial charge in [0.15, 0.2) is 5.79 Å². The first-order valence-electron chi connectivity index (χ1n) is 6.50. The van der Waals surface area contributed by atoms with E-state index in [9.17, 15) is 15.3 Å². The maximum Gasteiger partial charge on any atom is 0.164 e. The van der Waals surface area contributed by atoms with Crippen LogP contribution in [0.4, 0.5) is 0 Å². The summed E-state index contributed by atoms with van der Waals surface area (Å²) in [5, 5.41) is 29.9. The average molecular weight is 310 g/mol. The maximum absolute atomic E-state index is 10.3. The van der Waals surface area contributed by atoms with Crippen molar-refractivity contribution in [2.24, 2.45) is 0 Å². The molecule has 19 heavy (non-hydrogen) atoms. The van der Waals surface area contributed by atoms with Crippen LogP contribution in [0, 0.1) is 0 Å². The first kappa shape index (κ1) is 15.9. The third-order valence-electron chi connectivity index (χ3n) is 3.22. The van der Waals surface area contributed by atoms with Crippen LogP contribution in [0.2, 0.25) is 0 Å². The summed E-state index contributed by atoms with van der Waals surface area (Å²) in [5.41, 5.74) is 0. The summed E-state index contributed by atoms with van der Waals surface area (Å²) >= 11 is 3.32. The van der Waals surface area contributed by atoms with Crippen LogP contribution in [-0.2, 0) is 9.47 Å². The van der Waals surface area contributed by atoms with Crippen LogP contribution >= 0.6 is 23.5 Å². The van der Waals surface area contributed by atoms with E-state index < -0.39 is 30.2 Å². The molecule has 0 bridgehead atoms. The summed E-state index contributed by atoms with van der Waals surface area (Å²) in [6.07, 6.45) is -2.10. The molecular formula is C12H22O5S2. The molecule has 0 amide bonds. The number of aliphatic hydroxyl groups excluding tert-OH is 3. The summed E-state index contributed by atoms with van der Waals surface area (Å²) in [7, 11) is 0. The molecule has 2 heterocycles. The van der Waals surface area contributed by atoms with Crippen LogP contribution in [0.15, 0.2) is 0 Å². The number of hydrogen-bond acceptors (Lipinski definition) is 7. The molecular weight excluding hydrogens is 288 g/mol. The molecule has 0 aromatic carbocycles. The summed E-state index contributed by atoms with van der Waals surface area (Å²) in [6, 6.07) is 0. The maximum atomic E-state index is 10.3. The van der Waals surface area contributed by atoms with Crippen LogP contribution in [0.3, 0.4) is 0 Å². The highest BCUT2D eigenvalue weighted by Gasteiger charge is 2.47. The van der Waals surface area contributed by atoms with Gasteiger partial charge in [0.1, 0.15) is 24.4 Å². The van der Waals surface area contributed by atoms with E-state index in [2.05, 4.69) is 0 Å². The minimum Gasteiger partial charge on any atom is -0.394 e. The molecule has 0 aromatic rings. The van der Waals surface area contributed by atoms with E-state index in [-0.39, 0.29) is 11.2 Å². The summed E-state index contributed by atoms with van der Waals surface area (Å²) < 4.78 is 11.1. The largest absolute Gasteiger partial charge is 0.394 e. The lowest BCUT2D eigenvalue weighted by molar-refractivity contribution is -0.162. The highest BCUT2D eigenvalue weighted by molar-refractivity contribution is 8.17. The van der Waals surface area contributed by atoms with Crippen LogP contribution in [-0.4, -0.2) is 68.2 Å². The average Bonchev–Trinajstić information content (AvgIpc) is 2.73. The third-order valence-corrected chi connectivity index (χ3v) is 6.30. The van der Waals surface area contributed by atoms with Gasteiger partial charge in [0.25, 0.3) is 0 Å². The van der Waals surface area contributed by atoms with Crippen molar-refractivity contribution in [3.8, 4) is 0 Å². The Morgan fingerprint density at radius 1 is 1.16 bits per heavy atom. The predicted octanol–water partition coefficient (Wildman–Crippen LogP) is 0.417. The summed E-state index contributed by atoms with van der Waals surface area (Å²) in [6.45, 7) is 3.24. The van der Waals surface area contributed by atoms with Gasteiger partial charge in [-0.15, -0.1) is 23.5 Å². The Morgan fingerprint density at radius 2 is 1.79 bits per heavy atom. The third kappa shape index (κ3) is 3.78. The Hall–Kier alpha value is 0.500. The van der Waals surface area contributed by atoms with Gasteiger partial charge in [-0.1, -0.05) is 0 Å². The highest BCUT2D eigenvalue weighted by Crippen LogP contribution is 2.37. The Labute approximate surface area is 122 Å². The van der Waals surface area contributed by atoms with Gasteiger partial charge >= 0.3 is 0 Å². The van der Waals surface area contributed by atoms with Gasteiger partial charge in [-0.25, -0.2) is 0 Å². The minimum absolute atomic E-state index is 0.0459. The van der Waals surface area contributed by atoms with Gasteiger partial charge in [0, 0.05) is 0 Å². The molecule has 0 unspecified atom stereocenters. The first-order valence-corrected chi connectivity index (χ1v) is 8.60. The molecule has 0 saturated carbocycles. The standard InChI is InChI=1S/C12H22O5S2/c1-12(2)16-7(6-13)10(17-12)8(14)9(15)11-18-4-3-5-19-11/h7-11,13-15H,3-6H2,1-2H3/t7-,8+,9+,10+/m1/s1. The molecule has 0 aliphatic carbocycles. The van der Waals surface area contributed by atoms with Crippen molar-refractivity contribution in [2.45, 2.75) is 55.1 Å². The van der Waals surface area contributed by atoms with Crippen LogP contribution < -0.4 is 0 Å². The molecule has 4 atom stereocenters. The molecule has 2 saturated heterocycles. The van der Waals surface area contributed by atoms with Crippen molar-refractivity contribution in [3.63, 3.8) is 0 Å². The second kappa shape index (κ2) is 6.51. The van der Waals surface area contributed by atoms with Gasteiger partial charge in [-0.3, -0.25) is 0 Å². The lowest BCUT2D eigenvalue weighted by atomic mass is 10.0. The zero-order chi connectivity index (χ0) is 14.0. The molecule has 7 heteroatoms. The van der Waals surface area contributed by atoms with Crippen LogP contribution in [0.5, 0.6) is 0 Å². The zero-order valence-electron chi connectivity index (χ0n) is 11.2. The molecule has 112 valence electrons. The number of ether oxygens (including phenoxy) is 2. The number of rotatable bonds is 4. The van der Waals surface area contributed by atoms with Crippen molar-refractivity contribution < 1.29 is 24.8 Å². The van der Waals surface area contributed by atoms with Crippen molar-refractivity contribution in [1.82, 2.24) is 0 Å². The van der Waals surface area contributed by atoms with Crippen molar-refractivity contribution in [2.75, 3.05) is 18.1 Å². The second-order valence-electron chi connectivity index (χ2n) is 5.27. The monoisotopic (exact) mass is 310 g/mol. The zero-order valence-corrected chi connectivity index (χ0v) is 12.8. The van der Waals surface area contributed by atoms with Gasteiger partial charge in [0.05, 0.1) is 11.2 Å². The molecule has 2 aliphatic heterocycles. The fourth-order valence-corrected chi connectivity index (χ4v) is 5.30. The van der Waals surface area contributed by atoms with E-state index in [1.165, 1.54) is 0 Å². The topological polar surface area (TPSA) is 79.2 Å². The molecule has 2 aliphatic rings. The minimum atomic E-state index is -1.05. The van der Waals surface area contributed by atoms with Crippen molar-refractivity contribution in [3.05, 3.63) is 0 Å². The van der Waals surface area contributed by atoms with Gasteiger partial charge in [0.2, 0.25) is 0 Å². The fraction of sp³-hybridized carbons (Fsp3) is 1.00. The highest BCUT2D eigenvalue weighted by atomic mass is 32.2. The first-order chi connectivity index (χ1) is 8.94. The van der Waals surface area contributed by atoms with Crippen molar-refractivity contribution in [1.29, 1.82) is 0 Å². The molecule has 5 nitrogen and oxygen atoms in total. The second-order valence-corrected chi connectivity index (χ2v) is 8.06. The molecule has 2 rings (SSSR count). The lowest BCUT2D eigenvalue weighted by Crippen LogP contribution is -2.48. The smallest absolute Gasteiger partial charge is 0.164 e. The number of aliphatic hydroxyl groups is 3. The molecule has 3 N–H and O–H groups in total. The summed E-state index contributed by atoms with van der Waals surface area (Å²) in [5.74, 6) is 1.16. The lowest BCUT2D eigenvalue weighted by Gasteiger charge is -2.32. The predicted molar refractivity (Wildman–Crippen MR) is 76.2 cm³/mol. The van der Waals surface area contributed by atoms with Gasteiger partial charge in [-0.2, -0.15) is 0 Å². The normalized spacial score (nSPS) is 35.2.